The van der Waals surface area contributed by atoms with Crippen molar-refractivity contribution in [1.82, 2.24) is 9.88 Å². The van der Waals surface area contributed by atoms with E-state index in [1.165, 1.54) is 15.3 Å². The molecule has 1 aliphatic rings. The zero-order valence-corrected chi connectivity index (χ0v) is 18.2. The number of hydrogen-bond acceptors (Lipinski definition) is 5. The fraction of sp³-hybridized carbons (Fsp3) is 0.391. The largest absolute Gasteiger partial charge is 0.354 e. The summed E-state index contributed by atoms with van der Waals surface area (Å²) in [5, 5.41) is 4.14. The summed E-state index contributed by atoms with van der Waals surface area (Å²) < 4.78 is 0. The molecule has 0 spiro atoms. The van der Waals surface area contributed by atoms with Crippen LogP contribution in [0, 0.1) is 13.8 Å². The van der Waals surface area contributed by atoms with Gasteiger partial charge in [-0.05, 0) is 69.3 Å². The van der Waals surface area contributed by atoms with Gasteiger partial charge in [-0.15, -0.1) is 11.3 Å². The number of anilines is 2. The average Bonchev–Trinajstić information content (AvgIpc) is 3.12. The number of amides is 1. The first kappa shape index (κ1) is 19.9. The number of benzene rings is 1. The molecule has 3 heterocycles. The average molecular weight is 409 g/mol. The second-order valence-electron chi connectivity index (χ2n) is 7.88. The summed E-state index contributed by atoms with van der Waals surface area (Å²) in [6, 6.07) is 12.4. The Kier molecular flexibility index (Phi) is 5.83. The van der Waals surface area contributed by atoms with Crippen molar-refractivity contribution in [2.45, 2.75) is 26.7 Å². The lowest BCUT2D eigenvalue weighted by Crippen LogP contribution is -2.44. The molecule has 0 unspecified atom stereocenters. The Bertz CT molecular complexity index is 1020. The van der Waals surface area contributed by atoms with Gasteiger partial charge in [-0.25, -0.2) is 4.98 Å². The van der Waals surface area contributed by atoms with Crippen LogP contribution in [0.25, 0.3) is 10.9 Å². The smallest absolute Gasteiger partial charge is 0.224 e. The van der Waals surface area contributed by atoms with Gasteiger partial charge in [-0.3, -0.25) is 4.79 Å². The molecule has 6 heteroatoms. The van der Waals surface area contributed by atoms with Crippen LogP contribution in [0.4, 0.5) is 11.5 Å². The van der Waals surface area contributed by atoms with E-state index in [9.17, 15) is 4.79 Å². The molecule has 4 rings (SSSR count). The molecule has 0 atom stereocenters. The minimum atomic E-state index is 0.0510. The van der Waals surface area contributed by atoms with Gasteiger partial charge in [-0.1, -0.05) is 0 Å². The highest BCUT2D eigenvalue weighted by Gasteiger charge is 2.16. The van der Waals surface area contributed by atoms with Crippen LogP contribution in [0.3, 0.4) is 0 Å². The molecule has 0 radical (unpaired) electrons. The zero-order chi connectivity index (χ0) is 20.4. The number of likely N-dealkylation sites (N-methyl/N-ethyl adjacent to an activating group) is 1. The third kappa shape index (κ3) is 4.77. The zero-order valence-electron chi connectivity index (χ0n) is 17.4. The molecule has 1 aliphatic heterocycles. The number of carbonyl (C=O) groups excluding carboxylic acids is 1. The molecule has 1 aromatic carbocycles. The molecular weight excluding hydrogens is 380 g/mol. The Morgan fingerprint density at radius 2 is 1.90 bits per heavy atom. The highest BCUT2D eigenvalue weighted by molar-refractivity contribution is 7.11. The first-order valence-electron chi connectivity index (χ1n) is 10.2. The van der Waals surface area contributed by atoms with Crippen molar-refractivity contribution in [3.63, 3.8) is 0 Å². The number of thiophene rings is 1. The molecule has 1 N–H and O–H groups in total. The fourth-order valence-electron chi connectivity index (χ4n) is 3.73. The highest BCUT2D eigenvalue weighted by atomic mass is 32.1. The normalized spacial score (nSPS) is 15.1. The predicted octanol–water partition coefficient (Wildman–Crippen LogP) is 4.24. The highest BCUT2D eigenvalue weighted by Crippen LogP contribution is 2.26. The van der Waals surface area contributed by atoms with Crippen molar-refractivity contribution in [1.29, 1.82) is 0 Å². The second kappa shape index (κ2) is 8.51. The van der Waals surface area contributed by atoms with Crippen molar-refractivity contribution < 1.29 is 4.79 Å². The number of fused-ring (bicyclic) bond motifs is 1. The van der Waals surface area contributed by atoms with Crippen LogP contribution in [-0.4, -0.2) is 49.0 Å². The second-order valence-corrected chi connectivity index (χ2v) is 9.25. The van der Waals surface area contributed by atoms with E-state index in [1.54, 1.807) is 11.3 Å². The number of hydrogen-bond donors (Lipinski definition) is 1. The Balaban J connectivity index is 1.45. The molecule has 0 aliphatic carbocycles. The van der Waals surface area contributed by atoms with Gasteiger partial charge in [0.25, 0.3) is 0 Å². The van der Waals surface area contributed by atoms with Gasteiger partial charge < -0.3 is 15.1 Å². The number of aromatic nitrogens is 1. The van der Waals surface area contributed by atoms with Crippen LogP contribution in [0.15, 0.2) is 36.4 Å². The predicted molar refractivity (Wildman–Crippen MR) is 122 cm³/mol. The summed E-state index contributed by atoms with van der Waals surface area (Å²) in [6.07, 6.45) is 1.28. The molecule has 29 heavy (non-hydrogen) atoms. The maximum Gasteiger partial charge on any atom is 0.224 e. The molecule has 0 saturated carbocycles. The van der Waals surface area contributed by atoms with Crippen LogP contribution in [-0.2, 0) is 11.2 Å². The van der Waals surface area contributed by atoms with E-state index < -0.39 is 0 Å². The van der Waals surface area contributed by atoms with Crippen LogP contribution in [0.1, 0.15) is 21.7 Å². The molecule has 152 valence electrons. The Labute approximate surface area is 176 Å². The molecule has 5 nitrogen and oxygen atoms in total. The molecular formula is C23H28N4OS. The summed E-state index contributed by atoms with van der Waals surface area (Å²) in [6.45, 7) is 8.35. The summed E-state index contributed by atoms with van der Waals surface area (Å²) in [5.41, 5.74) is 3.00. The molecule has 0 bridgehead atoms. The van der Waals surface area contributed by atoms with Gasteiger partial charge in [-0.2, -0.15) is 0 Å². The van der Waals surface area contributed by atoms with E-state index in [4.69, 9.17) is 4.98 Å². The van der Waals surface area contributed by atoms with Gasteiger partial charge in [0.2, 0.25) is 5.91 Å². The lowest BCUT2D eigenvalue weighted by atomic mass is 10.1. The van der Waals surface area contributed by atoms with E-state index in [0.29, 0.717) is 6.42 Å². The maximum absolute atomic E-state index is 12.4. The number of carbonyl (C=O) groups is 1. The van der Waals surface area contributed by atoms with E-state index in [2.05, 4.69) is 54.2 Å². The summed E-state index contributed by atoms with van der Waals surface area (Å²) in [4.78, 5) is 24.5. The Morgan fingerprint density at radius 3 is 2.62 bits per heavy atom. The molecule has 3 aromatic rings. The quantitative estimate of drug-likeness (QED) is 0.686. The standard InChI is InChI=1S/C23H28N4OS/c1-16-14-22(27-12-10-26(3)11-13-27)25-21-8-5-18(15-20(16)21)24-23(28)9-7-19-6-4-17(2)29-19/h4-6,8,14-15H,7,9-13H2,1-3H3,(H,24,28). The number of rotatable bonds is 5. The van der Waals surface area contributed by atoms with Crippen LogP contribution in [0.5, 0.6) is 0 Å². The van der Waals surface area contributed by atoms with Crippen molar-refractivity contribution in [3.05, 3.63) is 51.7 Å². The van der Waals surface area contributed by atoms with Gasteiger partial charge in [0.15, 0.2) is 0 Å². The molecule has 1 fully saturated rings. The van der Waals surface area contributed by atoms with E-state index >= 15 is 0 Å². The van der Waals surface area contributed by atoms with Gasteiger partial charge >= 0.3 is 0 Å². The van der Waals surface area contributed by atoms with E-state index in [0.717, 1.165) is 55.0 Å². The first-order valence-corrected chi connectivity index (χ1v) is 11.0. The number of nitrogens with zero attached hydrogens (tertiary/aromatic N) is 3. The first-order chi connectivity index (χ1) is 14.0. The SMILES string of the molecule is Cc1ccc(CCC(=O)Nc2ccc3nc(N4CCN(C)CC4)cc(C)c3c2)s1. The number of aryl methyl sites for hydroxylation is 3. The fourth-order valence-corrected chi connectivity index (χ4v) is 4.62. The van der Waals surface area contributed by atoms with Gasteiger partial charge in [0.1, 0.15) is 5.82 Å². The van der Waals surface area contributed by atoms with Crippen molar-refractivity contribution >= 4 is 39.7 Å². The van der Waals surface area contributed by atoms with Crippen LogP contribution >= 0.6 is 11.3 Å². The van der Waals surface area contributed by atoms with Gasteiger partial charge in [0.05, 0.1) is 5.52 Å². The Hall–Kier alpha value is -2.44. The van der Waals surface area contributed by atoms with E-state index in [1.807, 2.05) is 18.2 Å². The lowest BCUT2D eigenvalue weighted by molar-refractivity contribution is -0.116. The summed E-state index contributed by atoms with van der Waals surface area (Å²) in [7, 11) is 2.16. The summed E-state index contributed by atoms with van der Waals surface area (Å²) in [5.74, 6) is 1.10. The maximum atomic E-state index is 12.4. The van der Waals surface area contributed by atoms with Crippen LogP contribution in [0.2, 0.25) is 0 Å². The van der Waals surface area contributed by atoms with Crippen molar-refractivity contribution in [2.75, 3.05) is 43.4 Å². The third-order valence-electron chi connectivity index (χ3n) is 5.51. The van der Waals surface area contributed by atoms with Gasteiger partial charge in [0, 0.05) is 53.4 Å². The molecule has 1 saturated heterocycles. The number of pyridine rings is 1. The van der Waals surface area contributed by atoms with Crippen molar-refractivity contribution in [2.24, 2.45) is 0 Å². The van der Waals surface area contributed by atoms with Crippen molar-refractivity contribution in [3.8, 4) is 0 Å². The van der Waals surface area contributed by atoms with Crippen LogP contribution < -0.4 is 10.2 Å². The molecule has 1 amide bonds. The summed E-state index contributed by atoms with van der Waals surface area (Å²) >= 11 is 1.76. The minimum Gasteiger partial charge on any atom is -0.354 e. The number of piperazine rings is 1. The monoisotopic (exact) mass is 408 g/mol. The Morgan fingerprint density at radius 1 is 1.10 bits per heavy atom. The minimum absolute atomic E-state index is 0.0510. The topological polar surface area (TPSA) is 48.5 Å². The third-order valence-corrected chi connectivity index (χ3v) is 6.57. The molecule has 2 aromatic heterocycles. The van der Waals surface area contributed by atoms with E-state index in [-0.39, 0.29) is 5.91 Å². The number of nitrogens with one attached hydrogen (secondary N) is 1. The lowest BCUT2D eigenvalue weighted by Gasteiger charge is -2.33.